The molecule has 1 amide bonds. The number of sulfone groups is 1. The molecule has 7 heteroatoms. The third-order valence-corrected chi connectivity index (χ3v) is 5.15. The van der Waals surface area contributed by atoms with Crippen LogP contribution in [0.1, 0.15) is 5.56 Å². The molecule has 0 saturated carbocycles. The summed E-state index contributed by atoms with van der Waals surface area (Å²) in [5.41, 5.74) is 1.80. The number of amides is 1. The first kappa shape index (κ1) is 19.3. The standard InChI is InChI=1S/C18H21NO4S2/c1-14-6-8-17(9-7-14)24-13-18(20)19-15-4-3-5-16(12-15)23-10-11-25(2,21)22/h3-9,12H,10-11,13H2,1-2H3,(H,19,20). The highest BCUT2D eigenvalue weighted by molar-refractivity contribution is 8.00. The van der Waals surface area contributed by atoms with Crippen LogP contribution in [0.15, 0.2) is 53.4 Å². The molecule has 2 aromatic rings. The normalized spacial score (nSPS) is 11.1. The second-order valence-electron chi connectivity index (χ2n) is 5.66. The average molecular weight is 380 g/mol. The predicted molar refractivity (Wildman–Crippen MR) is 102 cm³/mol. The van der Waals surface area contributed by atoms with Crippen molar-refractivity contribution in [2.45, 2.75) is 11.8 Å². The first-order valence-corrected chi connectivity index (χ1v) is 10.8. The summed E-state index contributed by atoms with van der Waals surface area (Å²) in [5, 5.41) is 2.81. The van der Waals surface area contributed by atoms with Crippen molar-refractivity contribution in [3.05, 3.63) is 54.1 Å². The molecule has 0 fully saturated rings. The lowest BCUT2D eigenvalue weighted by atomic mass is 10.2. The van der Waals surface area contributed by atoms with Crippen molar-refractivity contribution in [2.24, 2.45) is 0 Å². The Hall–Kier alpha value is -1.99. The third kappa shape index (κ3) is 7.62. The van der Waals surface area contributed by atoms with E-state index < -0.39 is 9.84 Å². The summed E-state index contributed by atoms with van der Waals surface area (Å²) in [4.78, 5) is 13.1. The number of anilines is 1. The Bertz CT molecular complexity index is 817. The fraction of sp³-hybridized carbons (Fsp3) is 0.278. The summed E-state index contributed by atoms with van der Waals surface area (Å²) in [6, 6.07) is 14.9. The molecule has 0 spiro atoms. The largest absolute Gasteiger partial charge is 0.492 e. The van der Waals surface area contributed by atoms with Crippen molar-refractivity contribution in [3.8, 4) is 5.75 Å². The van der Waals surface area contributed by atoms with Gasteiger partial charge >= 0.3 is 0 Å². The monoisotopic (exact) mass is 379 g/mol. The summed E-state index contributed by atoms with van der Waals surface area (Å²) in [5.74, 6) is 0.672. The number of benzene rings is 2. The van der Waals surface area contributed by atoms with Gasteiger partial charge in [0.1, 0.15) is 12.4 Å². The summed E-state index contributed by atoms with van der Waals surface area (Å²) in [6.45, 7) is 2.10. The van der Waals surface area contributed by atoms with Crippen LogP contribution in [0.2, 0.25) is 0 Å². The van der Waals surface area contributed by atoms with Crippen LogP contribution in [0.3, 0.4) is 0 Å². The minimum Gasteiger partial charge on any atom is -0.492 e. The van der Waals surface area contributed by atoms with E-state index in [1.807, 2.05) is 31.2 Å². The molecule has 0 heterocycles. The molecule has 0 aliphatic rings. The third-order valence-electron chi connectivity index (χ3n) is 3.23. The van der Waals surface area contributed by atoms with E-state index in [0.29, 0.717) is 17.2 Å². The van der Waals surface area contributed by atoms with Gasteiger partial charge in [-0.3, -0.25) is 4.79 Å². The lowest BCUT2D eigenvalue weighted by Gasteiger charge is -2.09. The number of thioether (sulfide) groups is 1. The summed E-state index contributed by atoms with van der Waals surface area (Å²) in [7, 11) is -3.06. The molecule has 0 saturated heterocycles. The van der Waals surface area contributed by atoms with Gasteiger partial charge in [0, 0.05) is 22.9 Å². The number of nitrogens with one attached hydrogen (secondary N) is 1. The molecule has 1 N–H and O–H groups in total. The number of aryl methyl sites for hydroxylation is 1. The van der Waals surface area contributed by atoms with Crippen LogP contribution in [0.25, 0.3) is 0 Å². The van der Waals surface area contributed by atoms with Crippen molar-refractivity contribution in [2.75, 3.05) is 29.7 Å². The first-order valence-electron chi connectivity index (χ1n) is 7.72. The second-order valence-corrected chi connectivity index (χ2v) is 8.96. The number of rotatable bonds is 8. The van der Waals surface area contributed by atoms with E-state index in [4.69, 9.17) is 4.74 Å². The molecule has 0 aliphatic heterocycles. The van der Waals surface area contributed by atoms with Gasteiger partial charge in [-0.15, -0.1) is 11.8 Å². The maximum Gasteiger partial charge on any atom is 0.234 e. The van der Waals surface area contributed by atoms with Gasteiger partial charge in [-0.05, 0) is 31.2 Å². The van der Waals surface area contributed by atoms with E-state index in [9.17, 15) is 13.2 Å². The Morgan fingerprint density at radius 2 is 1.88 bits per heavy atom. The number of ether oxygens (including phenoxy) is 1. The highest BCUT2D eigenvalue weighted by Crippen LogP contribution is 2.20. The Labute approximate surface area is 152 Å². The Balaban J connectivity index is 1.83. The molecule has 2 aromatic carbocycles. The molecular formula is C18H21NO4S2. The lowest BCUT2D eigenvalue weighted by molar-refractivity contribution is -0.113. The summed E-state index contributed by atoms with van der Waals surface area (Å²) in [6.07, 6.45) is 1.17. The van der Waals surface area contributed by atoms with Crippen LogP contribution in [0, 0.1) is 6.92 Å². The molecular weight excluding hydrogens is 358 g/mol. The van der Waals surface area contributed by atoms with Crippen molar-refractivity contribution < 1.29 is 17.9 Å². The summed E-state index contributed by atoms with van der Waals surface area (Å²) < 4.78 is 27.6. The average Bonchev–Trinajstić information content (AvgIpc) is 2.53. The number of hydrogen-bond acceptors (Lipinski definition) is 5. The molecule has 5 nitrogen and oxygen atoms in total. The Kier molecular flexibility index (Phi) is 6.90. The van der Waals surface area contributed by atoms with Gasteiger partial charge in [0.15, 0.2) is 9.84 Å². The summed E-state index contributed by atoms with van der Waals surface area (Å²) >= 11 is 1.47. The molecule has 134 valence electrons. The van der Waals surface area contributed by atoms with Crippen LogP contribution >= 0.6 is 11.8 Å². The van der Waals surface area contributed by atoms with Crippen molar-refractivity contribution in [1.82, 2.24) is 0 Å². The molecule has 0 atom stereocenters. The van der Waals surface area contributed by atoms with E-state index in [0.717, 1.165) is 4.90 Å². The van der Waals surface area contributed by atoms with Crippen LogP contribution < -0.4 is 10.1 Å². The van der Waals surface area contributed by atoms with Crippen molar-refractivity contribution >= 4 is 33.2 Å². The van der Waals surface area contributed by atoms with Gasteiger partial charge in [0.25, 0.3) is 0 Å². The molecule has 0 unspecified atom stereocenters. The van der Waals surface area contributed by atoms with Gasteiger partial charge in [0.2, 0.25) is 5.91 Å². The van der Waals surface area contributed by atoms with Gasteiger partial charge in [-0.1, -0.05) is 23.8 Å². The van der Waals surface area contributed by atoms with Crippen LogP contribution in [-0.4, -0.2) is 38.7 Å². The zero-order valence-corrected chi connectivity index (χ0v) is 15.8. The van der Waals surface area contributed by atoms with Gasteiger partial charge in [-0.25, -0.2) is 8.42 Å². The number of carbonyl (C=O) groups is 1. The second kappa shape index (κ2) is 8.92. The fourth-order valence-corrected chi connectivity index (χ4v) is 3.04. The van der Waals surface area contributed by atoms with Crippen molar-refractivity contribution in [1.29, 1.82) is 0 Å². The van der Waals surface area contributed by atoms with Crippen LogP contribution in [-0.2, 0) is 14.6 Å². The van der Waals surface area contributed by atoms with E-state index in [-0.39, 0.29) is 18.3 Å². The first-order chi connectivity index (χ1) is 11.8. The van der Waals surface area contributed by atoms with E-state index in [2.05, 4.69) is 5.32 Å². The molecule has 25 heavy (non-hydrogen) atoms. The predicted octanol–water partition coefficient (Wildman–Crippen LogP) is 3.15. The van der Waals surface area contributed by atoms with Gasteiger partial charge in [-0.2, -0.15) is 0 Å². The zero-order valence-electron chi connectivity index (χ0n) is 14.2. The topological polar surface area (TPSA) is 72.5 Å². The zero-order chi connectivity index (χ0) is 18.3. The molecule has 0 aliphatic carbocycles. The Morgan fingerprint density at radius 3 is 2.56 bits per heavy atom. The molecule has 2 rings (SSSR count). The number of carbonyl (C=O) groups excluding carboxylic acids is 1. The molecule has 0 aromatic heterocycles. The van der Waals surface area contributed by atoms with Crippen molar-refractivity contribution in [3.63, 3.8) is 0 Å². The van der Waals surface area contributed by atoms with E-state index in [1.54, 1.807) is 24.3 Å². The highest BCUT2D eigenvalue weighted by atomic mass is 32.2. The highest BCUT2D eigenvalue weighted by Gasteiger charge is 2.06. The maximum absolute atomic E-state index is 12.1. The quantitative estimate of drug-likeness (QED) is 0.714. The smallest absolute Gasteiger partial charge is 0.234 e. The minimum absolute atomic E-state index is 0.0449. The molecule has 0 radical (unpaired) electrons. The van der Waals surface area contributed by atoms with Crippen LogP contribution in [0.5, 0.6) is 5.75 Å². The van der Waals surface area contributed by atoms with Gasteiger partial charge < -0.3 is 10.1 Å². The minimum atomic E-state index is -3.06. The van der Waals surface area contributed by atoms with E-state index >= 15 is 0 Å². The maximum atomic E-state index is 12.1. The van der Waals surface area contributed by atoms with Gasteiger partial charge in [0.05, 0.1) is 11.5 Å². The van der Waals surface area contributed by atoms with E-state index in [1.165, 1.54) is 23.6 Å². The lowest BCUT2D eigenvalue weighted by Crippen LogP contribution is -2.14. The fourth-order valence-electron chi connectivity index (χ4n) is 1.95. The van der Waals surface area contributed by atoms with Crippen LogP contribution in [0.4, 0.5) is 5.69 Å². The number of hydrogen-bond donors (Lipinski definition) is 1. The molecule has 0 bridgehead atoms. The Morgan fingerprint density at radius 1 is 1.16 bits per heavy atom. The SMILES string of the molecule is Cc1ccc(SCC(=O)Nc2cccc(OCCS(C)(=O)=O)c2)cc1.